The van der Waals surface area contributed by atoms with Crippen LogP contribution in [0.25, 0.3) is 0 Å². The molecular formula is C24H29N3O3S. The first-order valence-electron chi connectivity index (χ1n) is 10.5. The van der Waals surface area contributed by atoms with Crippen LogP contribution >= 0.6 is 11.3 Å². The number of benzene rings is 1. The van der Waals surface area contributed by atoms with Crippen molar-refractivity contribution in [2.45, 2.75) is 19.9 Å². The molecule has 0 spiro atoms. The minimum atomic E-state index is -0.226. The molecule has 0 saturated carbocycles. The van der Waals surface area contributed by atoms with Crippen molar-refractivity contribution in [3.8, 4) is 0 Å². The Morgan fingerprint density at radius 1 is 1.13 bits per heavy atom. The molecule has 1 aliphatic heterocycles. The number of anilines is 2. The van der Waals surface area contributed by atoms with Crippen molar-refractivity contribution in [3.05, 3.63) is 70.0 Å². The summed E-state index contributed by atoms with van der Waals surface area (Å²) < 4.78 is 10.9. The van der Waals surface area contributed by atoms with Crippen LogP contribution in [0, 0.1) is 13.8 Å². The molecule has 1 saturated heterocycles. The first-order valence-corrected chi connectivity index (χ1v) is 11.3. The maximum absolute atomic E-state index is 12.8. The van der Waals surface area contributed by atoms with E-state index in [9.17, 15) is 4.79 Å². The lowest BCUT2D eigenvalue weighted by Gasteiger charge is -2.36. The number of amides is 1. The van der Waals surface area contributed by atoms with Gasteiger partial charge in [-0.1, -0.05) is 12.1 Å². The topological polar surface area (TPSA) is 58.0 Å². The van der Waals surface area contributed by atoms with E-state index in [2.05, 4.69) is 53.2 Å². The van der Waals surface area contributed by atoms with Crippen LogP contribution in [0.1, 0.15) is 38.2 Å². The van der Waals surface area contributed by atoms with E-state index >= 15 is 0 Å². The van der Waals surface area contributed by atoms with Gasteiger partial charge >= 0.3 is 0 Å². The van der Waals surface area contributed by atoms with Crippen molar-refractivity contribution < 1.29 is 13.9 Å². The van der Waals surface area contributed by atoms with Gasteiger partial charge in [-0.05, 0) is 49.2 Å². The molecule has 6 nitrogen and oxygen atoms in total. The van der Waals surface area contributed by atoms with E-state index in [0.29, 0.717) is 19.0 Å². The zero-order valence-corrected chi connectivity index (χ0v) is 19.3. The lowest BCUT2D eigenvalue weighted by atomic mass is 9.94. The Bertz CT molecular complexity index is 1020. The fourth-order valence-corrected chi connectivity index (χ4v) is 5.08. The average molecular weight is 440 g/mol. The van der Waals surface area contributed by atoms with Crippen LogP contribution in [-0.4, -0.2) is 51.2 Å². The molecule has 0 radical (unpaired) electrons. The van der Waals surface area contributed by atoms with Gasteiger partial charge < -0.3 is 19.4 Å². The van der Waals surface area contributed by atoms with E-state index in [1.807, 2.05) is 14.1 Å². The minimum absolute atomic E-state index is 0.0389. The van der Waals surface area contributed by atoms with Crippen molar-refractivity contribution >= 4 is 27.9 Å². The fourth-order valence-electron chi connectivity index (χ4n) is 3.99. The summed E-state index contributed by atoms with van der Waals surface area (Å²) in [5, 5.41) is 3.99. The quantitative estimate of drug-likeness (QED) is 0.603. The molecule has 0 bridgehead atoms. The van der Waals surface area contributed by atoms with Gasteiger partial charge in [-0.25, -0.2) is 0 Å². The summed E-state index contributed by atoms with van der Waals surface area (Å²) in [6, 6.07) is 12.1. The van der Waals surface area contributed by atoms with Crippen LogP contribution in [0.4, 0.5) is 10.7 Å². The van der Waals surface area contributed by atoms with E-state index in [-0.39, 0.29) is 11.9 Å². The number of ether oxygens (including phenoxy) is 1. The summed E-state index contributed by atoms with van der Waals surface area (Å²) in [4.78, 5) is 18.5. The number of nitrogens with zero attached hydrogens (tertiary/aromatic N) is 2. The predicted molar refractivity (Wildman–Crippen MR) is 125 cm³/mol. The number of aryl methyl sites for hydroxylation is 1. The fraction of sp³-hybridized carbons (Fsp3) is 0.375. The number of carbonyl (C=O) groups is 1. The molecular weight excluding hydrogens is 410 g/mol. The van der Waals surface area contributed by atoms with Gasteiger partial charge in [-0.2, -0.15) is 0 Å². The monoisotopic (exact) mass is 439 g/mol. The van der Waals surface area contributed by atoms with E-state index < -0.39 is 0 Å². The lowest BCUT2D eigenvalue weighted by molar-refractivity contribution is 0.0240. The third-order valence-electron chi connectivity index (χ3n) is 5.81. The maximum Gasteiger partial charge on any atom is 0.291 e. The Morgan fingerprint density at radius 3 is 2.45 bits per heavy atom. The molecule has 4 rings (SSSR count). The number of thiophene rings is 1. The summed E-state index contributed by atoms with van der Waals surface area (Å²) in [6.07, 6.45) is 1.52. The molecule has 1 aliphatic rings. The largest absolute Gasteiger partial charge is 0.459 e. The molecule has 1 unspecified atom stereocenters. The molecule has 1 amide bonds. The van der Waals surface area contributed by atoms with Crippen LogP contribution in [-0.2, 0) is 4.74 Å². The predicted octanol–water partition coefficient (Wildman–Crippen LogP) is 4.70. The Hall–Kier alpha value is -2.61. The molecule has 1 N–H and O–H groups in total. The summed E-state index contributed by atoms with van der Waals surface area (Å²) >= 11 is 1.62. The second-order valence-electron chi connectivity index (χ2n) is 7.99. The Morgan fingerprint density at radius 2 is 1.84 bits per heavy atom. The molecule has 1 fully saturated rings. The van der Waals surface area contributed by atoms with Gasteiger partial charge in [0, 0.05) is 43.3 Å². The standard InChI is InChI=1S/C24H29N3O3S/c1-16-17(2)31-24(25-23(28)20-6-5-13-30-20)21(16)22(27-11-14-29-15-12-27)18-7-9-19(10-8-18)26(3)4/h5-10,13,22H,11-12,14-15H2,1-4H3,(H,25,28). The summed E-state index contributed by atoms with van der Waals surface area (Å²) in [7, 11) is 4.09. The Kier molecular flexibility index (Phi) is 6.46. The average Bonchev–Trinajstić information content (AvgIpc) is 3.40. The number of morpholine rings is 1. The Balaban J connectivity index is 1.76. The van der Waals surface area contributed by atoms with E-state index in [1.165, 1.54) is 22.3 Å². The highest BCUT2D eigenvalue weighted by Crippen LogP contribution is 2.42. The number of hydrogen-bond acceptors (Lipinski definition) is 6. The maximum atomic E-state index is 12.8. The van der Waals surface area contributed by atoms with E-state index in [0.717, 1.165) is 29.3 Å². The van der Waals surface area contributed by atoms with Crippen LogP contribution in [0.2, 0.25) is 0 Å². The van der Waals surface area contributed by atoms with Crippen LogP contribution in [0.3, 0.4) is 0 Å². The van der Waals surface area contributed by atoms with Gasteiger partial charge in [0.1, 0.15) is 5.00 Å². The minimum Gasteiger partial charge on any atom is -0.459 e. The molecule has 3 heterocycles. The molecule has 31 heavy (non-hydrogen) atoms. The molecule has 2 aromatic heterocycles. The highest BCUT2D eigenvalue weighted by molar-refractivity contribution is 7.16. The number of hydrogen-bond donors (Lipinski definition) is 1. The lowest BCUT2D eigenvalue weighted by Crippen LogP contribution is -2.40. The van der Waals surface area contributed by atoms with Gasteiger partial charge in [-0.3, -0.25) is 9.69 Å². The highest BCUT2D eigenvalue weighted by Gasteiger charge is 2.30. The Labute approximate surface area is 187 Å². The molecule has 3 aromatic rings. The van der Waals surface area contributed by atoms with Gasteiger partial charge in [0.05, 0.1) is 25.5 Å². The zero-order valence-electron chi connectivity index (χ0n) is 18.5. The van der Waals surface area contributed by atoms with Crippen LogP contribution < -0.4 is 10.2 Å². The number of carbonyl (C=O) groups excluding carboxylic acids is 1. The number of furan rings is 1. The number of rotatable bonds is 6. The van der Waals surface area contributed by atoms with Gasteiger partial charge in [0.25, 0.3) is 5.91 Å². The summed E-state index contributed by atoms with van der Waals surface area (Å²) in [6.45, 7) is 7.37. The third-order valence-corrected chi connectivity index (χ3v) is 6.95. The van der Waals surface area contributed by atoms with Crippen molar-refractivity contribution in [3.63, 3.8) is 0 Å². The van der Waals surface area contributed by atoms with Gasteiger partial charge in [0.15, 0.2) is 5.76 Å². The smallest absolute Gasteiger partial charge is 0.291 e. The normalized spacial score (nSPS) is 15.6. The van der Waals surface area contributed by atoms with Crippen molar-refractivity contribution in [2.75, 3.05) is 50.6 Å². The zero-order chi connectivity index (χ0) is 22.0. The summed E-state index contributed by atoms with van der Waals surface area (Å²) in [5.41, 5.74) is 4.74. The number of nitrogens with one attached hydrogen (secondary N) is 1. The van der Waals surface area contributed by atoms with Crippen molar-refractivity contribution in [1.82, 2.24) is 4.90 Å². The molecule has 7 heteroatoms. The van der Waals surface area contributed by atoms with Gasteiger partial charge in [0.2, 0.25) is 0 Å². The summed E-state index contributed by atoms with van der Waals surface area (Å²) in [5.74, 6) is 0.0871. The highest BCUT2D eigenvalue weighted by atomic mass is 32.1. The first-order chi connectivity index (χ1) is 15.0. The molecule has 164 valence electrons. The first kappa shape index (κ1) is 21.6. The molecule has 1 aromatic carbocycles. The van der Waals surface area contributed by atoms with E-state index in [1.54, 1.807) is 23.5 Å². The van der Waals surface area contributed by atoms with Crippen molar-refractivity contribution in [1.29, 1.82) is 0 Å². The second-order valence-corrected chi connectivity index (χ2v) is 9.22. The van der Waals surface area contributed by atoms with Crippen molar-refractivity contribution in [2.24, 2.45) is 0 Å². The molecule has 1 atom stereocenters. The van der Waals surface area contributed by atoms with Gasteiger partial charge in [-0.15, -0.1) is 11.3 Å². The third kappa shape index (κ3) is 4.54. The van der Waals surface area contributed by atoms with Crippen LogP contribution in [0.5, 0.6) is 0 Å². The second kappa shape index (κ2) is 9.26. The SMILES string of the molecule is Cc1sc(NC(=O)c2ccco2)c(C(c2ccc(N(C)C)cc2)N2CCOCC2)c1C. The van der Waals surface area contributed by atoms with E-state index in [4.69, 9.17) is 9.15 Å². The molecule has 0 aliphatic carbocycles. The van der Waals surface area contributed by atoms with Crippen LogP contribution in [0.15, 0.2) is 47.1 Å².